The van der Waals surface area contributed by atoms with Crippen molar-refractivity contribution in [3.05, 3.63) is 60.7 Å². The quantitative estimate of drug-likeness (QED) is 0.365. The predicted molar refractivity (Wildman–Crippen MR) is 140 cm³/mol. The van der Waals surface area contributed by atoms with Crippen LogP contribution in [0.2, 0.25) is 0 Å². The molecule has 11 heteroatoms. The number of rotatable bonds is 11. The van der Waals surface area contributed by atoms with E-state index in [1.165, 1.54) is 64.5 Å². The van der Waals surface area contributed by atoms with Gasteiger partial charge in [-0.15, -0.1) is 11.8 Å². The number of amides is 1. The fourth-order valence-electron chi connectivity index (χ4n) is 3.43. The summed E-state index contributed by atoms with van der Waals surface area (Å²) in [5.41, 5.74) is 0.688. The third-order valence-electron chi connectivity index (χ3n) is 5.24. The van der Waals surface area contributed by atoms with E-state index in [2.05, 4.69) is 5.32 Å². The number of hydrogen-bond acceptors (Lipinski definition) is 8. The lowest BCUT2D eigenvalue weighted by Crippen LogP contribution is -2.38. The largest absolute Gasteiger partial charge is 0.497 e. The molecule has 0 unspecified atom stereocenters. The summed E-state index contributed by atoms with van der Waals surface area (Å²) in [5.74, 6) is 0.702. The summed E-state index contributed by atoms with van der Waals surface area (Å²) >= 11 is 1.53. The number of nitrogens with one attached hydrogen (secondary N) is 1. The number of nitrogens with zero attached hydrogens (tertiary/aromatic N) is 1. The minimum atomic E-state index is -4.27. The van der Waals surface area contributed by atoms with Crippen LogP contribution in [0.15, 0.2) is 70.5 Å². The average molecular weight is 533 g/mol. The molecule has 0 aliphatic rings. The third kappa shape index (κ3) is 5.97. The molecule has 36 heavy (non-hydrogen) atoms. The minimum Gasteiger partial charge on any atom is -0.497 e. The van der Waals surface area contributed by atoms with Crippen LogP contribution in [0, 0.1) is 0 Å². The van der Waals surface area contributed by atoms with Crippen molar-refractivity contribution in [2.45, 2.75) is 9.79 Å². The molecule has 0 saturated carbocycles. The number of carbonyl (C=O) groups excluding carboxylic acids is 1. The highest BCUT2D eigenvalue weighted by molar-refractivity contribution is 7.98. The van der Waals surface area contributed by atoms with Crippen LogP contribution < -0.4 is 28.6 Å². The smallest absolute Gasteiger partial charge is 0.265 e. The van der Waals surface area contributed by atoms with E-state index in [4.69, 9.17) is 18.9 Å². The standard InChI is InChI=1S/C25H28N2O7S2/c1-31-18-9-11-22(32-2)21(14-18)27(16-25(28)26-17-7-6-8-19(13-17)35-5)36(29,30)20-10-12-23(33-3)24(15-20)34-4/h6-15H,16H2,1-5H3,(H,26,28). The molecule has 0 heterocycles. The van der Waals surface area contributed by atoms with E-state index in [0.29, 0.717) is 17.2 Å². The molecule has 0 bridgehead atoms. The number of hydrogen-bond donors (Lipinski definition) is 1. The normalized spacial score (nSPS) is 10.9. The minimum absolute atomic E-state index is 0.0952. The molecule has 192 valence electrons. The highest BCUT2D eigenvalue weighted by Crippen LogP contribution is 2.37. The van der Waals surface area contributed by atoms with Crippen molar-refractivity contribution in [1.82, 2.24) is 0 Å². The molecule has 0 atom stereocenters. The van der Waals surface area contributed by atoms with E-state index < -0.39 is 22.5 Å². The van der Waals surface area contributed by atoms with Gasteiger partial charge in [0.05, 0.1) is 39.0 Å². The fraction of sp³-hybridized carbons (Fsp3) is 0.240. The zero-order valence-electron chi connectivity index (χ0n) is 20.6. The van der Waals surface area contributed by atoms with Crippen molar-refractivity contribution in [1.29, 1.82) is 0 Å². The lowest BCUT2D eigenvalue weighted by Gasteiger charge is -2.26. The van der Waals surface area contributed by atoms with Crippen LogP contribution in [0.4, 0.5) is 11.4 Å². The maximum atomic E-state index is 13.9. The number of carbonyl (C=O) groups is 1. The van der Waals surface area contributed by atoms with Crippen LogP contribution in [0.1, 0.15) is 0 Å². The van der Waals surface area contributed by atoms with Gasteiger partial charge in [-0.2, -0.15) is 0 Å². The summed E-state index contributed by atoms with van der Waals surface area (Å²) in [5, 5.41) is 2.77. The SMILES string of the molecule is COc1ccc(OC)c(N(CC(=O)Nc2cccc(SC)c2)S(=O)(=O)c2ccc(OC)c(OC)c2)c1. The van der Waals surface area contributed by atoms with E-state index in [-0.39, 0.29) is 22.1 Å². The van der Waals surface area contributed by atoms with Gasteiger partial charge in [-0.3, -0.25) is 9.10 Å². The van der Waals surface area contributed by atoms with E-state index >= 15 is 0 Å². The van der Waals surface area contributed by atoms with Crippen LogP contribution in [0.5, 0.6) is 23.0 Å². The van der Waals surface area contributed by atoms with Crippen LogP contribution in [0.25, 0.3) is 0 Å². The Labute approximate surface area is 215 Å². The second kappa shape index (κ2) is 11.9. The first-order valence-corrected chi connectivity index (χ1v) is 13.3. The zero-order chi connectivity index (χ0) is 26.3. The monoisotopic (exact) mass is 532 g/mol. The van der Waals surface area contributed by atoms with Crippen LogP contribution >= 0.6 is 11.8 Å². The van der Waals surface area contributed by atoms with E-state index in [0.717, 1.165) is 9.20 Å². The van der Waals surface area contributed by atoms with Gasteiger partial charge in [-0.05, 0) is 48.7 Å². The van der Waals surface area contributed by atoms with Crippen molar-refractivity contribution < 1.29 is 32.2 Å². The molecule has 1 amide bonds. The summed E-state index contributed by atoms with van der Waals surface area (Å²) in [6, 6.07) is 16.2. The lowest BCUT2D eigenvalue weighted by atomic mass is 10.2. The van der Waals surface area contributed by atoms with Crippen molar-refractivity contribution in [3.8, 4) is 23.0 Å². The second-order valence-corrected chi connectivity index (χ2v) is 10.1. The summed E-state index contributed by atoms with van der Waals surface area (Å²) in [7, 11) is 1.47. The Bertz CT molecular complexity index is 1330. The number of benzene rings is 3. The van der Waals surface area contributed by atoms with Gasteiger partial charge in [0.1, 0.15) is 18.0 Å². The molecule has 0 aliphatic heterocycles. The molecule has 0 fully saturated rings. The number of sulfonamides is 1. The average Bonchev–Trinajstić information content (AvgIpc) is 2.90. The van der Waals surface area contributed by atoms with Crippen LogP contribution in [-0.2, 0) is 14.8 Å². The van der Waals surface area contributed by atoms with Gasteiger partial charge in [-0.1, -0.05) is 6.07 Å². The molecule has 0 aliphatic carbocycles. The summed E-state index contributed by atoms with van der Waals surface area (Å²) in [4.78, 5) is 14.0. The van der Waals surface area contributed by atoms with Crippen molar-refractivity contribution in [2.75, 3.05) is 50.9 Å². The van der Waals surface area contributed by atoms with Gasteiger partial charge in [0.25, 0.3) is 10.0 Å². The van der Waals surface area contributed by atoms with Crippen LogP contribution in [-0.4, -0.2) is 55.6 Å². The molecular formula is C25H28N2O7S2. The number of thioether (sulfide) groups is 1. The van der Waals surface area contributed by atoms with E-state index in [1.54, 1.807) is 18.2 Å². The number of methoxy groups -OCH3 is 4. The molecule has 0 radical (unpaired) electrons. The fourth-order valence-corrected chi connectivity index (χ4v) is 5.33. The Morgan fingerprint density at radius 2 is 1.56 bits per heavy atom. The highest BCUT2D eigenvalue weighted by Gasteiger charge is 2.31. The maximum absolute atomic E-state index is 13.9. The van der Waals surface area contributed by atoms with Gasteiger partial charge in [-0.25, -0.2) is 8.42 Å². The zero-order valence-corrected chi connectivity index (χ0v) is 22.2. The highest BCUT2D eigenvalue weighted by atomic mass is 32.2. The Morgan fingerprint density at radius 1 is 0.861 bits per heavy atom. The molecular weight excluding hydrogens is 504 g/mol. The van der Waals surface area contributed by atoms with Gasteiger partial charge in [0.2, 0.25) is 5.91 Å². The van der Waals surface area contributed by atoms with Gasteiger partial charge in [0, 0.05) is 22.7 Å². The summed E-state index contributed by atoms with van der Waals surface area (Å²) < 4.78 is 50.0. The maximum Gasteiger partial charge on any atom is 0.265 e. The molecule has 0 aromatic heterocycles. The van der Waals surface area contributed by atoms with Gasteiger partial charge in [0.15, 0.2) is 11.5 Å². The number of ether oxygens (including phenoxy) is 4. The Kier molecular flexibility index (Phi) is 8.94. The lowest BCUT2D eigenvalue weighted by molar-refractivity contribution is -0.114. The topological polar surface area (TPSA) is 103 Å². The molecule has 1 N–H and O–H groups in total. The Hall–Kier alpha value is -3.57. The third-order valence-corrected chi connectivity index (χ3v) is 7.72. The first kappa shape index (κ1) is 27.0. The van der Waals surface area contributed by atoms with Crippen molar-refractivity contribution in [2.24, 2.45) is 0 Å². The van der Waals surface area contributed by atoms with Crippen LogP contribution in [0.3, 0.4) is 0 Å². The first-order valence-electron chi connectivity index (χ1n) is 10.7. The van der Waals surface area contributed by atoms with Crippen molar-refractivity contribution in [3.63, 3.8) is 0 Å². The Morgan fingerprint density at radius 3 is 2.19 bits per heavy atom. The molecule has 0 saturated heterocycles. The molecule has 3 aromatic carbocycles. The Balaban J connectivity index is 2.08. The molecule has 9 nitrogen and oxygen atoms in total. The predicted octanol–water partition coefficient (Wildman–Crippen LogP) is 4.28. The van der Waals surface area contributed by atoms with Gasteiger partial charge >= 0.3 is 0 Å². The van der Waals surface area contributed by atoms with E-state index in [9.17, 15) is 13.2 Å². The first-order chi connectivity index (χ1) is 17.3. The second-order valence-electron chi connectivity index (χ2n) is 7.35. The molecule has 3 aromatic rings. The molecule has 0 spiro atoms. The summed E-state index contributed by atoms with van der Waals surface area (Å²) in [6.07, 6.45) is 1.92. The van der Waals surface area contributed by atoms with Gasteiger partial charge < -0.3 is 24.3 Å². The van der Waals surface area contributed by atoms with E-state index in [1.807, 2.05) is 24.5 Å². The molecule has 3 rings (SSSR count). The summed E-state index contributed by atoms with van der Waals surface area (Å²) in [6.45, 7) is -0.524. The van der Waals surface area contributed by atoms with Crippen molar-refractivity contribution >= 4 is 39.1 Å². The number of anilines is 2.